The second-order valence-electron chi connectivity index (χ2n) is 10.2. The molecule has 1 aliphatic rings. The van der Waals surface area contributed by atoms with E-state index in [1.807, 2.05) is 44.2 Å². The van der Waals surface area contributed by atoms with Gasteiger partial charge in [0.25, 0.3) is 5.91 Å². The van der Waals surface area contributed by atoms with Crippen molar-refractivity contribution in [1.82, 2.24) is 20.6 Å². The van der Waals surface area contributed by atoms with Gasteiger partial charge in [-0.25, -0.2) is 4.98 Å². The van der Waals surface area contributed by atoms with E-state index in [-0.39, 0.29) is 31.1 Å². The summed E-state index contributed by atoms with van der Waals surface area (Å²) >= 11 is 0. The Morgan fingerprint density at radius 2 is 1.74 bits per heavy atom. The van der Waals surface area contributed by atoms with E-state index in [2.05, 4.69) is 20.6 Å². The predicted molar refractivity (Wildman–Crippen MR) is 144 cm³/mol. The molecule has 11 nitrogen and oxygen atoms in total. The highest BCUT2D eigenvalue weighted by Gasteiger charge is 2.49. The molecule has 0 unspecified atom stereocenters. The topological polar surface area (TPSA) is 163 Å². The maximum atomic E-state index is 13.6. The summed E-state index contributed by atoms with van der Waals surface area (Å²) in [6, 6.07) is 8.38. The largest absolute Gasteiger partial charge is 0.481 e. The number of amides is 2. The van der Waals surface area contributed by atoms with Crippen LogP contribution in [0.5, 0.6) is 0 Å². The number of rotatable bonds is 14. The summed E-state index contributed by atoms with van der Waals surface area (Å²) in [4.78, 5) is 34.5. The molecule has 1 aromatic carbocycles. The quantitative estimate of drug-likeness (QED) is 0.216. The molecule has 2 heterocycles. The number of carbonyl (C=O) groups is 2. The van der Waals surface area contributed by atoms with Crippen molar-refractivity contribution in [3.63, 3.8) is 0 Å². The first-order valence-corrected chi connectivity index (χ1v) is 13.4. The molecule has 0 saturated carbocycles. The van der Waals surface area contributed by atoms with Crippen LogP contribution in [0.2, 0.25) is 0 Å². The van der Waals surface area contributed by atoms with Gasteiger partial charge in [0.1, 0.15) is 11.7 Å². The van der Waals surface area contributed by atoms with Gasteiger partial charge in [0.15, 0.2) is 0 Å². The summed E-state index contributed by atoms with van der Waals surface area (Å²) in [5, 5.41) is 36.2. The van der Waals surface area contributed by atoms with Crippen LogP contribution >= 0.6 is 0 Å². The maximum absolute atomic E-state index is 13.6. The smallest absolute Gasteiger partial charge is 0.402 e. The lowest BCUT2D eigenvalue weighted by atomic mass is 9.74. The van der Waals surface area contributed by atoms with Crippen molar-refractivity contribution < 1.29 is 34.2 Å². The van der Waals surface area contributed by atoms with Gasteiger partial charge in [-0.1, -0.05) is 51.1 Å². The van der Waals surface area contributed by atoms with Crippen LogP contribution in [-0.2, 0) is 20.5 Å². The first kappa shape index (κ1) is 30.6. The number of hydrogen-bond donors (Lipinski definition) is 5. The van der Waals surface area contributed by atoms with Gasteiger partial charge in [-0.2, -0.15) is 0 Å². The lowest BCUT2D eigenvalue weighted by Gasteiger charge is -2.26. The normalized spacial score (nSPS) is 20.3. The summed E-state index contributed by atoms with van der Waals surface area (Å²) in [5.41, 5.74) is 0.936. The standard InChI is InChI=1S/C27H39BN4O7/c1-4-21(34)24-25(22(35)10-13-33)39-28(38-24)23(14-17(2)3)32-26(36)19(15-18-8-6-5-7-9-18)31-27(37)20-16-29-11-12-30-20/h5-9,11-12,16-17,19,21-25,33-35H,4,10,13-15H2,1-3H3,(H,31,37)(H,32,36)/t19-,21+,22+,23-,24+,25+/m0/s1. The molecule has 5 N–H and O–H groups in total. The number of carbonyl (C=O) groups excluding carboxylic acids is 2. The third-order valence-electron chi connectivity index (χ3n) is 6.59. The number of hydrogen-bond acceptors (Lipinski definition) is 9. The molecule has 0 radical (unpaired) electrons. The molecule has 1 fully saturated rings. The van der Waals surface area contributed by atoms with Crippen LogP contribution in [0.3, 0.4) is 0 Å². The third kappa shape index (κ3) is 8.80. The highest BCUT2D eigenvalue weighted by Crippen LogP contribution is 2.28. The van der Waals surface area contributed by atoms with E-state index < -0.39 is 55.3 Å². The van der Waals surface area contributed by atoms with Crippen LogP contribution < -0.4 is 10.6 Å². The van der Waals surface area contributed by atoms with Crippen molar-refractivity contribution in [3.05, 3.63) is 60.2 Å². The van der Waals surface area contributed by atoms with Crippen molar-refractivity contribution in [2.75, 3.05) is 6.61 Å². The highest BCUT2D eigenvalue weighted by molar-refractivity contribution is 6.47. The fourth-order valence-electron chi connectivity index (χ4n) is 4.57. The highest BCUT2D eigenvalue weighted by atomic mass is 16.7. The van der Waals surface area contributed by atoms with Crippen LogP contribution in [0.1, 0.15) is 56.1 Å². The third-order valence-corrected chi connectivity index (χ3v) is 6.59. The van der Waals surface area contributed by atoms with E-state index in [1.54, 1.807) is 6.92 Å². The average molecular weight is 542 g/mol. The number of aliphatic hydroxyl groups excluding tert-OH is 3. The zero-order valence-corrected chi connectivity index (χ0v) is 22.6. The molecule has 2 amide bonds. The van der Waals surface area contributed by atoms with Gasteiger partial charge in [0.2, 0.25) is 5.91 Å². The molecule has 2 aromatic rings. The Kier molecular flexibility index (Phi) is 11.8. The molecule has 1 saturated heterocycles. The van der Waals surface area contributed by atoms with E-state index in [0.29, 0.717) is 12.8 Å². The Labute approximate surface area is 229 Å². The van der Waals surface area contributed by atoms with E-state index in [9.17, 15) is 24.9 Å². The Balaban J connectivity index is 1.82. The number of aromatic nitrogens is 2. The second-order valence-corrected chi connectivity index (χ2v) is 10.2. The van der Waals surface area contributed by atoms with Crippen molar-refractivity contribution >= 4 is 18.9 Å². The molecule has 212 valence electrons. The van der Waals surface area contributed by atoms with Gasteiger partial charge in [0, 0.05) is 25.4 Å². The molecular weight excluding hydrogens is 503 g/mol. The lowest BCUT2D eigenvalue weighted by Crippen LogP contribution is -2.55. The van der Waals surface area contributed by atoms with E-state index in [1.165, 1.54) is 18.6 Å². The first-order valence-electron chi connectivity index (χ1n) is 13.4. The summed E-state index contributed by atoms with van der Waals surface area (Å²) < 4.78 is 12.1. The average Bonchev–Trinajstić information content (AvgIpc) is 3.38. The van der Waals surface area contributed by atoms with Gasteiger partial charge >= 0.3 is 7.12 Å². The SMILES string of the molecule is CC[C@@H](O)[C@H]1OB([C@H](CC(C)C)NC(=O)[C@H](Cc2ccccc2)NC(=O)c2cnccn2)O[C@@H]1[C@H](O)CCO. The zero-order valence-electron chi connectivity index (χ0n) is 22.6. The number of nitrogens with zero attached hydrogens (tertiary/aromatic N) is 2. The van der Waals surface area contributed by atoms with E-state index in [4.69, 9.17) is 9.31 Å². The molecule has 0 aliphatic carbocycles. The fraction of sp³-hybridized carbons (Fsp3) is 0.556. The summed E-state index contributed by atoms with van der Waals surface area (Å²) in [7, 11) is -0.950. The first-order chi connectivity index (χ1) is 18.7. The fourth-order valence-corrected chi connectivity index (χ4v) is 4.57. The Bertz CT molecular complexity index is 1030. The molecule has 39 heavy (non-hydrogen) atoms. The Morgan fingerprint density at radius 1 is 1.05 bits per heavy atom. The Hall–Kier alpha value is -2.90. The molecule has 0 bridgehead atoms. The monoisotopic (exact) mass is 542 g/mol. The molecule has 6 atom stereocenters. The van der Waals surface area contributed by atoms with Crippen LogP contribution in [-0.4, -0.2) is 87.2 Å². The summed E-state index contributed by atoms with van der Waals surface area (Å²) in [6.07, 6.45) is 1.66. The van der Waals surface area contributed by atoms with Crippen LogP contribution in [0.15, 0.2) is 48.9 Å². The van der Waals surface area contributed by atoms with Crippen molar-refractivity contribution in [2.45, 2.75) is 82.9 Å². The van der Waals surface area contributed by atoms with Crippen LogP contribution in [0, 0.1) is 5.92 Å². The Morgan fingerprint density at radius 3 is 2.33 bits per heavy atom. The van der Waals surface area contributed by atoms with Gasteiger partial charge in [0.05, 0.1) is 36.6 Å². The minimum atomic E-state index is -1.06. The van der Waals surface area contributed by atoms with Gasteiger partial charge in [-0.3, -0.25) is 14.6 Å². The van der Waals surface area contributed by atoms with E-state index in [0.717, 1.165) is 5.56 Å². The van der Waals surface area contributed by atoms with Gasteiger partial charge in [-0.05, 0) is 30.7 Å². The van der Waals surface area contributed by atoms with Crippen molar-refractivity contribution in [1.29, 1.82) is 0 Å². The summed E-state index contributed by atoms with van der Waals surface area (Å²) in [6.45, 7) is 5.52. The number of benzene rings is 1. The molecular formula is C27H39BN4O7. The van der Waals surface area contributed by atoms with Gasteiger partial charge < -0.3 is 35.3 Å². The van der Waals surface area contributed by atoms with Crippen molar-refractivity contribution in [2.24, 2.45) is 5.92 Å². The second kappa shape index (κ2) is 15.0. The summed E-state index contributed by atoms with van der Waals surface area (Å²) in [5.74, 6) is -1.48. The minimum absolute atomic E-state index is 0.0580. The minimum Gasteiger partial charge on any atom is -0.402 e. The maximum Gasteiger partial charge on any atom is 0.481 e. The molecule has 1 aliphatic heterocycles. The molecule has 12 heteroatoms. The van der Waals surface area contributed by atoms with Crippen LogP contribution in [0.25, 0.3) is 0 Å². The predicted octanol–water partition coefficient (Wildman–Crippen LogP) is 0.674. The molecule has 0 spiro atoms. The van der Waals surface area contributed by atoms with E-state index >= 15 is 0 Å². The number of nitrogens with one attached hydrogen (secondary N) is 2. The molecule has 3 rings (SSSR count). The van der Waals surface area contributed by atoms with Crippen LogP contribution in [0.4, 0.5) is 0 Å². The molecule has 1 aromatic heterocycles. The van der Waals surface area contributed by atoms with Crippen molar-refractivity contribution in [3.8, 4) is 0 Å². The van der Waals surface area contributed by atoms with Gasteiger partial charge in [-0.15, -0.1) is 0 Å². The lowest BCUT2D eigenvalue weighted by molar-refractivity contribution is -0.123. The number of aliphatic hydroxyl groups is 3. The zero-order chi connectivity index (χ0) is 28.4.